The number of nitrogens with one attached hydrogen (secondary N) is 2. The Kier molecular flexibility index (Phi) is 5.22. The lowest BCUT2D eigenvalue weighted by atomic mass is 9.97. The Morgan fingerprint density at radius 1 is 1.21 bits per heavy atom. The molecule has 5 rings (SSSR count). The fraction of sp³-hybridized carbons (Fsp3) is 0.462. The molecule has 2 saturated heterocycles. The molecule has 7 nitrogen and oxygen atoms in total. The Morgan fingerprint density at radius 3 is 2.67 bits per heavy atom. The summed E-state index contributed by atoms with van der Waals surface area (Å²) in [6.45, 7) is 5.37. The van der Waals surface area contributed by atoms with Gasteiger partial charge in [0.2, 0.25) is 11.8 Å². The molecule has 5 atom stereocenters. The summed E-state index contributed by atoms with van der Waals surface area (Å²) in [5, 5.41) is 7.63. The largest absolute Gasteiger partial charge is 0.356 e. The third kappa shape index (κ3) is 3.69. The summed E-state index contributed by atoms with van der Waals surface area (Å²) < 4.78 is 0. The van der Waals surface area contributed by atoms with Crippen molar-refractivity contribution in [3.8, 4) is 0 Å². The van der Waals surface area contributed by atoms with Crippen LogP contribution in [0.3, 0.4) is 0 Å². The Balaban J connectivity index is 1.36. The van der Waals surface area contributed by atoms with Crippen LogP contribution in [0.2, 0.25) is 0 Å². The van der Waals surface area contributed by atoms with Gasteiger partial charge in [0.25, 0.3) is 5.91 Å². The van der Waals surface area contributed by atoms with Gasteiger partial charge in [-0.05, 0) is 53.0 Å². The highest BCUT2D eigenvalue weighted by Gasteiger charge is 2.69. The number of carbonyl (C=O) groups excluding carboxylic acids is 4. The Morgan fingerprint density at radius 2 is 1.97 bits per heavy atom. The van der Waals surface area contributed by atoms with E-state index in [-0.39, 0.29) is 47.3 Å². The zero-order valence-corrected chi connectivity index (χ0v) is 18.9. The van der Waals surface area contributed by atoms with Gasteiger partial charge in [-0.15, -0.1) is 0 Å². The number of aldehydes is 1. The van der Waals surface area contributed by atoms with Gasteiger partial charge >= 0.3 is 0 Å². The van der Waals surface area contributed by atoms with Crippen molar-refractivity contribution in [1.82, 2.24) is 15.5 Å². The number of likely N-dealkylation sites (tertiary alicyclic amines) is 1. The lowest BCUT2D eigenvalue weighted by Gasteiger charge is -2.31. The summed E-state index contributed by atoms with van der Waals surface area (Å²) in [4.78, 5) is 52.2. The van der Waals surface area contributed by atoms with Crippen molar-refractivity contribution >= 4 is 34.8 Å². The monoisotopic (exact) mass is 447 g/mol. The van der Waals surface area contributed by atoms with E-state index in [9.17, 15) is 19.2 Å². The molecule has 0 aromatic heterocycles. The predicted molar refractivity (Wildman–Crippen MR) is 123 cm³/mol. The summed E-state index contributed by atoms with van der Waals surface area (Å²) in [7, 11) is 0. The second kappa shape index (κ2) is 7.97. The highest BCUT2D eigenvalue weighted by molar-refractivity contribution is 6.01. The second-order valence-corrected chi connectivity index (χ2v) is 10.2. The summed E-state index contributed by atoms with van der Waals surface area (Å²) in [5.74, 6) is -0.505. The average Bonchev–Trinajstić information content (AvgIpc) is 3.16. The first-order valence-electron chi connectivity index (χ1n) is 11.6. The van der Waals surface area contributed by atoms with Crippen LogP contribution in [0.25, 0.3) is 10.8 Å². The summed E-state index contributed by atoms with van der Waals surface area (Å²) >= 11 is 0. The number of rotatable bonds is 6. The van der Waals surface area contributed by atoms with Crippen molar-refractivity contribution in [2.45, 2.75) is 38.8 Å². The maximum atomic E-state index is 13.5. The molecule has 7 heteroatoms. The molecule has 2 N–H and O–H groups in total. The Labute approximate surface area is 192 Å². The number of amides is 3. The van der Waals surface area contributed by atoms with E-state index in [4.69, 9.17) is 0 Å². The predicted octanol–water partition coefficient (Wildman–Crippen LogP) is 2.15. The lowest BCUT2D eigenvalue weighted by Crippen LogP contribution is -2.52. The Bertz CT molecular complexity index is 1140. The average molecular weight is 448 g/mol. The zero-order valence-electron chi connectivity index (χ0n) is 18.9. The van der Waals surface area contributed by atoms with Crippen molar-refractivity contribution in [2.75, 3.05) is 13.1 Å². The van der Waals surface area contributed by atoms with Crippen molar-refractivity contribution < 1.29 is 19.2 Å². The van der Waals surface area contributed by atoms with E-state index in [2.05, 4.69) is 24.5 Å². The fourth-order valence-corrected chi connectivity index (χ4v) is 5.88. The van der Waals surface area contributed by atoms with Gasteiger partial charge in [0.1, 0.15) is 12.3 Å². The minimum Gasteiger partial charge on any atom is -0.356 e. The van der Waals surface area contributed by atoms with E-state index in [0.29, 0.717) is 31.4 Å². The highest BCUT2D eigenvalue weighted by Crippen LogP contribution is 2.65. The molecule has 2 aromatic rings. The number of nitrogens with zero attached hydrogens (tertiary/aromatic N) is 1. The van der Waals surface area contributed by atoms with Gasteiger partial charge < -0.3 is 20.3 Å². The standard InChI is InChI=1S/C26H29N3O4/c1-26(2)20-13-29(25(33)18-8-7-15-5-3-4-6-16(15)11-18)22(21(20)26)24(32)28-19(14-30)12-17-9-10-27-23(17)31/h3-8,11,14,17,19-22H,9-10,12-13H2,1-2H3,(H,27,31)(H,28,32)/t17-,19-,20-,21-,22?/m0/s1. The van der Waals surface area contributed by atoms with Crippen LogP contribution in [0.15, 0.2) is 42.5 Å². The van der Waals surface area contributed by atoms with Gasteiger partial charge in [0, 0.05) is 24.6 Å². The van der Waals surface area contributed by atoms with Gasteiger partial charge in [0.05, 0.1) is 6.04 Å². The lowest BCUT2D eigenvalue weighted by molar-refractivity contribution is -0.129. The summed E-state index contributed by atoms with van der Waals surface area (Å²) in [5.41, 5.74) is 0.532. The van der Waals surface area contributed by atoms with E-state index in [0.717, 1.165) is 10.8 Å². The molecule has 1 aliphatic carbocycles. The van der Waals surface area contributed by atoms with Crippen LogP contribution in [0.4, 0.5) is 0 Å². The van der Waals surface area contributed by atoms with E-state index >= 15 is 0 Å². The summed E-state index contributed by atoms with van der Waals surface area (Å²) in [6, 6.07) is 12.1. The molecule has 2 aliphatic heterocycles. The number of fused-ring (bicyclic) bond motifs is 2. The number of carbonyl (C=O) groups is 4. The molecular formula is C26H29N3O4. The van der Waals surface area contributed by atoms with E-state index in [1.165, 1.54) is 0 Å². The molecule has 1 unspecified atom stereocenters. The van der Waals surface area contributed by atoms with Gasteiger partial charge in [-0.1, -0.05) is 44.2 Å². The van der Waals surface area contributed by atoms with Gasteiger partial charge in [0.15, 0.2) is 0 Å². The topological polar surface area (TPSA) is 95.6 Å². The third-order valence-corrected chi connectivity index (χ3v) is 7.93. The SMILES string of the molecule is CC1(C)[C@@H]2C(C(=O)N[C@H](C=O)C[C@@H]3CCNC3=O)N(C(=O)c3ccc4ccccc4c3)C[C@@H]21. The first kappa shape index (κ1) is 21.6. The molecule has 3 fully saturated rings. The van der Waals surface area contributed by atoms with Crippen LogP contribution < -0.4 is 10.6 Å². The van der Waals surface area contributed by atoms with Crippen LogP contribution in [-0.4, -0.2) is 54.1 Å². The maximum absolute atomic E-state index is 13.5. The second-order valence-electron chi connectivity index (χ2n) is 10.2. The molecule has 1 saturated carbocycles. The van der Waals surface area contributed by atoms with E-state index < -0.39 is 12.1 Å². The van der Waals surface area contributed by atoms with Gasteiger partial charge in [-0.3, -0.25) is 14.4 Å². The molecule has 3 aliphatic rings. The fourth-order valence-electron chi connectivity index (χ4n) is 5.88. The molecule has 3 amide bonds. The van der Waals surface area contributed by atoms with Crippen LogP contribution >= 0.6 is 0 Å². The van der Waals surface area contributed by atoms with Crippen LogP contribution in [0.1, 0.15) is 37.0 Å². The molecule has 2 aromatic carbocycles. The number of hydrogen-bond acceptors (Lipinski definition) is 4. The third-order valence-electron chi connectivity index (χ3n) is 7.93. The molecule has 33 heavy (non-hydrogen) atoms. The van der Waals surface area contributed by atoms with E-state index in [1.54, 1.807) is 4.90 Å². The van der Waals surface area contributed by atoms with E-state index in [1.807, 2.05) is 42.5 Å². The van der Waals surface area contributed by atoms with Crippen molar-refractivity contribution in [3.63, 3.8) is 0 Å². The molecule has 2 heterocycles. The van der Waals surface area contributed by atoms with Gasteiger partial charge in [-0.2, -0.15) is 0 Å². The molecule has 0 bridgehead atoms. The van der Waals surface area contributed by atoms with Crippen LogP contribution in [0, 0.1) is 23.2 Å². The first-order chi connectivity index (χ1) is 15.8. The molecule has 0 radical (unpaired) electrons. The highest BCUT2D eigenvalue weighted by atomic mass is 16.2. The molecular weight excluding hydrogens is 418 g/mol. The van der Waals surface area contributed by atoms with Crippen LogP contribution in [0.5, 0.6) is 0 Å². The van der Waals surface area contributed by atoms with Crippen molar-refractivity contribution in [1.29, 1.82) is 0 Å². The Hall–Kier alpha value is -3.22. The number of benzene rings is 2. The first-order valence-corrected chi connectivity index (χ1v) is 11.6. The zero-order chi connectivity index (χ0) is 23.3. The maximum Gasteiger partial charge on any atom is 0.254 e. The minimum atomic E-state index is -0.745. The molecule has 172 valence electrons. The quantitative estimate of drug-likeness (QED) is 0.664. The van der Waals surface area contributed by atoms with Crippen molar-refractivity contribution in [3.05, 3.63) is 48.0 Å². The normalized spacial score (nSPS) is 28.2. The number of hydrogen-bond donors (Lipinski definition) is 2. The molecule has 0 spiro atoms. The number of piperidine rings is 1. The van der Waals surface area contributed by atoms with Gasteiger partial charge in [-0.25, -0.2) is 0 Å². The minimum absolute atomic E-state index is 0.0236. The smallest absolute Gasteiger partial charge is 0.254 e. The van der Waals surface area contributed by atoms with Crippen molar-refractivity contribution in [2.24, 2.45) is 23.2 Å². The summed E-state index contributed by atoms with van der Waals surface area (Å²) in [6.07, 6.45) is 1.64. The van der Waals surface area contributed by atoms with Crippen LogP contribution in [-0.2, 0) is 14.4 Å².